The lowest BCUT2D eigenvalue weighted by Gasteiger charge is -2.09. The van der Waals surface area contributed by atoms with Gasteiger partial charge in [0.1, 0.15) is 5.69 Å². The maximum Gasteiger partial charge on any atom is 0.292 e. The number of carbonyl (C=O) groups excluding carboxylic acids is 1. The first-order valence-electron chi connectivity index (χ1n) is 6.26. The van der Waals surface area contributed by atoms with Crippen LogP contribution in [-0.2, 0) is 0 Å². The SMILES string of the molecule is CCNc1cc(C(=O)NCC(C)C)ccc1[N+](=O)[O-]. The smallest absolute Gasteiger partial charge is 0.292 e. The van der Waals surface area contributed by atoms with Gasteiger partial charge in [-0.05, 0) is 25.0 Å². The Balaban J connectivity index is 2.94. The lowest BCUT2D eigenvalue weighted by molar-refractivity contribution is -0.384. The normalized spacial score (nSPS) is 10.3. The molecule has 0 atom stereocenters. The van der Waals surface area contributed by atoms with E-state index in [2.05, 4.69) is 10.6 Å². The summed E-state index contributed by atoms with van der Waals surface area (Å²) in [4.78, 5) is 22.3. The Morgan fingerprint density at radius 3 is 2.63 bits per heavy atom. The van der Waals surface area contributed by atoms with Crippen molar-refractivity contribution in [3.05, 3.63) is 33.9 Å². The first-order chi connectivity index (χ1) is 8.95. The fourth-order valence-electron chi connectivity index (χ4n) is 1.57. The van der Waals surface area contributed by atoms with Crippen molar-refractivity contribution in [3.8, 4) is 0 Å². The molecule has 1 amide bonds. The van der Waals surface area contributed by atoms with E-state index >= 15 is 0 Å². The third-order valence-corrected chi connectivity index (χ3v) is 2.49. The number of carbonyl (C=O) groups is 1. The first-order valence-corrected chi connectivity index (χ1v) is 6.26. The van der Waals surface area contributed by atoms with Gasteiger partial charge >= 0.3 is 0 Å². The second-order valence-corrected chi connectivity index (χ2v) is 4.62. The van der Waals surface area contributed by atoms with Crippen molar-refractivity contribution in [2.45, 2.75) is 20.8 Å². The van der Waals surface area contributed by atoms with Crippen LogP contribution in [0.2, 0.25) is 0 Å². The number of amides is 1. The molecule has 19 heavy (non-hydrogen) atoms. The highest BCUT2D eigenvalue weighted by Crippen LogP contribution is 2.25. The molecule has 1 aromatic rings. The predicted molar refractivity (Wildman–Crippen MR) is 74.4 cm³/mol. The van der Waals surface area contributed by atoms with Gasteiger partial charge in [0.25, 0.3) is 11.6 Å². The Morgan fingerprint density at radius 1 is 1.42 bits per heavy atom. The van der Waals surface area contributed by atoms with Gasteiger partial charge < -0.3 is 10.6 Å². The number of nitro benzene ring substituents is 1. The molecule has 2 N–H and O–H groups in total. The molecule has 0 aromatic heterocycles. The van der Waals surface area contributed by atoms with E-state index in [4.69, 9.17) is 0 Å². The van der Waals surface area contributed by atoms with Crippen LogP contribution in [0, 0.1) is 16.0 Å². The van der Waals surface area contributed by atoms with Crippen LogP contribution in [-0.4, -0.2) is 23.9 Å². The summed E-state index contributed by atoms with van der Waals surface area (Å²) >= 11 is 0. The van der Waals surface area contributed by atoms with Gasteiger partial charge in [-0.2, -0.15) is 0 Å². The Morgan fingerprint density at radius 2 is 2.11 bits per heavy atom. The number of nitro groups is 1. The second kappa shape index (κ2) is 6.72. The fourth-order valence-corrected chi connectivity index (χ4v) is 1.57. The topological polar surface area (TPSA) is 84.3 Å². The van der Waals surface area contributed by atoms with Crippen molar-refractivity contribution >= 4 is 17.3 Å². The number of hydrogen-bond donors (Lipinski definition) is 2. The molecule has 1 aromatic carbocycles. The molecule has 0 heterocycles. The maximum absolute atomic E-state index is 11.9. The van der Waals surface area contributed by atoms with Crippen molar-refractivity contribution < 1.29 is 9.72 Å². The van der Waals surface area contributed by atoms with Crippen LogP contribution in [0.15, 0.2) is 18.2 Å². The van der Waals surface area contributed by atoms with Crippen molar-refractivity contribution in [2.75, 3.05) is 18.4 Å². The molecule has 6 nitrogen and oxygen atoms in total. The molecule has 0 saturated heterocycles. The van der Waals surface area contributed by atoms with Crippen molar-refractivity contribution in [2.24, 2.45) is 5.92 Å². The van der Waals surface area contributed by atoms with Crippen molar-refractivity contribution in [1.82, 2.24) is 5.32 Å². The maximum atomic E-state index is 11.9. The zero-order valence-corrected chi connectivity index (χ0v) is 11.4. The van der Waals surface area contributed by atoms with Crippen LogP contribution in [0.1, 0.15) is 31.1 Å². The van der Waals surface area contributed by atoms with Crippen molar-refractivity contribution in [1.29, 1.82) is 0 Å². The molecule has 104 valence electrons. The van der Waals surface area contributed by atoms with E-state index in [9.17, 15) is 14.9 Å². The molecule has 0 fully saturated rings. The van der Waals surface area contributed by atoms with Crippen molar-refractivity contribution in [3.63, 3.8) is 0 Å². The average molecular weight is 265 g/mol. The first kappa shape index (κ1) is 14.9. The highest BCUT2D eigenvalue weighted by Gasteiger charge is 2.16. The lowest BCUT2D eigenvalue weighted by atomic mass is 10.1. The van der Waals surface area contributed by atoms with Gasteiger partial charge in [-0.15, -0.1) is 0 Å². The standard InChI is InChI=1S/C13H19N3O3/c1-4-14-11-7-10(5-6-12(11)16(18)19)13(17)15-8-9(2)3/h5-7,9,14H,4,8H2,1-3H3,(H,15,17). The zero-order valence-electron chi connectivity index (χ0n) is 11.4. The Bertz CT molecular complexity index is 472. The number of hydrogen-bond acceptors (Lipinski definition) is 4. The number of benzene rings is 1. The fraction of sp³-hybridized carbons (Fsp3) is 0.462. The molecule has 0 bridgehead atoms. The molecule has 0 aliphatic rings. The Hall–Kier alpha value is -2.11. The number of anilines is 1. The van der Waals surface area contributed by atoms with E-state index in [-0.39, 0.29) is 11.6 Å². The minimum Gasteiger partial charge on any atom is -0.380 e. The molecular formula is C13H19N3O3. The summed E-state index contributed by atoms with van der Waals surface area (Å²) in [7, 11) is 0. The number of nitrogens with zero attached hydrogens (tertiary/aromatic N) is 1. The van der Waals surface area contributed by atoms with E-state index < -0.39 is 4.92 Å². The molecule has 6 heteroatoms. The molecule has 0 saturated carbocycles. The summed E-state index contributed by atoms with van der Waals surface area (Å²) in [5.74, 6) is 0.137. The van der Waals surface area contributed by atoms with Gasteiger partial charge in [0.15, 0.2) is 0 Å². The highest BCUT2D eigenvalue weighted by molar-refractivity contribution is 5.95. The zero-order chi connectivity index (χ0) is 14.4. The molecule has 0 aliphatic heterocycles. The third kappa shape index (κ3) is 4.24. The van der Waals surface area contributed by atoms with Gasteiger partial charge in [-0.25, -0.2) is 0 Å². The van der Waals surface area contributed by atoms with Gasteiger partial charge in [-0.3, -0.25) is 14.9 Å². The van der Waals surface area contributed by atoms with E-state index in [1.165, 1.54) is 18.2 Å². The molecule has 0 aliphatic carbocycles. The van der Waals surface area contributed by atoms with E-state index in [1.54, 1.807) is 0 Å². The molecule has 0 unspecified atom stereocenters. The average Bonchev–Trinajstić information content (AvgIpc) is 2.35. The van der Waals surface area contributed by atoms with Crippen LogP contribution < -0.4 is 10.6 Å². The van der Waals surface area contributed by atoms with Gasteiger partial charge in [0.05, 0.1) is 4.92 Å². The largest absolute Gasteiger partial charge is 0.380 e. The monoisotopic (exact) mass is 265 g/mol. The summed E-state index contributed by atoms with van der Waals surface area (Å²) in [6.45, 7) is 6.97. The van der Waals surface area contributed by atoms with Crippen LogP contribution in [0.3, 0.4) is 0 Å². The van der Waals surface area contributed by atoms with E-state index in [0.717, 1.165) is 0 Å². The highest BCUT2D eigenvalue weighted by atomic mass is 16.6. The number of rotatable bonds is 6. The molecule has 0 spiro atoms. The van der Waals surface area contributed by atoms with Crippen LogP contribution in [0.4, 0.5) is 11.4 Å². The number of nitrogens with one attached hydrogen (secondary N) is 2. The minimum absolute atomic E-state index is 0.0257. The quantitative estimate of drug-likeness (QED) is 0.611. The van der Waals surface area contributed by atoms with Gasteiger partial charge in [0, 0.05) is 24.7 Å². The Labute approximate surface area is 112 Å². The second-order valence-electron chi connectivity index (χ2n) is 4.62. The molecular weight excluding hydrogens is 246 g/mol. The van der Waals surface area contributed by atoms with Crippen LogP contribution in [0.5, 0.6) is 0 Å². The summed E-state index contributed by atoms with van der Waals surface area (Å²) in [5.41, 5.74) is 0.758. The minimum atomic E-state index is -0.464. The Kier molecular flexibility index (Phi) is 5.29. The predicted octanol–water partition coefficient (Wildman–Crippen LogP) is 2.41. The lowest BCUT2D eigenvalue weighted by Crippen LogP contribution is -2.27. The van der Waals surface area contributed by atoms with Gasteiger partial charge in [-0.1, -0.05) is 13.8 Å². The third-order valence-electron chi connectivity index (χ3n) is 2.49. The van der Waals surface area contributed by atoms with Crippen LogP contribution in [0.25, 0.3) is 0 Å². The van der Waals surface area contributed by atoms with E-state index in [0.29, 0.717) is 30.3 Å². The molecule has 0 radical (unpaired) electrons. The summed E-state index contributed by atoms with van der Waals surface area (Å²) in [5, 5.41) is 16.5. The summed E-state index contributed by atoms with van der Waals surface area (Å²) in [6.07, 6.45) is 0. The summed E-state index contributed by atoms with van der Waals surface area (Å²) < 4.78 is 0. The van der Waals surface area contributed by atoms with Gasteiger partial charge in [0.2, 0.25) is 0 Å². The summed E-state index contributed by atoms with van der Waals surface area (Å²) in [6, 6.07) is 4.33. The van der Waals surface area contributed by atoms with E-state index in [1.807, 2.05) is 20.8 Å². The van der Waals surface area contributed by atoms with Crippen LogP contribution >= 0.6 is 0 Å². The molecule has 1 rings (SSSR count).